The van der Waals surface area contributed by atoms with Crippen LogP contribution in [-0.2, 0) is 0 Å². The molecule has 0 spiro atoms. The average Bonchev–Trinajstić information content (AvgIpc) is 2.36. The predicted octanol–water partition coefficient (Wildman–Crippen LogP) is 5.01. The van der Waals surface area contributed by atoms with Crippen LogP contribution in [0.2, 0.25) is 0 Å². The molecule has 2 aliphatic carbocycles. The minimum atomic E-state index is 0.828. The van der Waals surface area contributed by atoms with Crippen molar-refractivity contribution in [2.45, 2.75) is 84.6 Å². The van der Waals surface area contributed by atoms with Crippen molar-refractivity contribution >= 4 is 0 Å². The molecule has 1 N–H and O–H groups in total. The second kappa shape index (κ2) is 7.67. The fourth-order valence-corrected chi connectivity index (χ4v) is 4.44. The zero-order valence-electron chi connectivity index (χ0n) is 13.5. The van der Waals surface area contributed by atoms with Gasteiger partial charge in [-0.3, -0.25) is 0 Å². The van der Waals surface area contributed by atoms with Crippen LogP contribution in [0, 0.1) is 23.7 Å². The molecular weight excluding hydrogens is 230 g/mol. The molecule has 4 atom stereocenters. The molecule has 1 nitrogen and oxygen atoms in total. The highest BCUT2D eigenvalue weighted by Crippen LogP contribution is 2.31. The Morgan fingerprint density at radius 3 is 2.42 bits per heavy atom. The van der Waals surface area contributed by atoms with E-state index in [0.717, 1.165) is 29.7 Å². The van der Waals surface area contributed by atoms with Gasteiger partial charge in [0, 0.05) is 6.04 Å². The summed E-state index contributed by atoms with van der Waals surface area (Å²) in [5.74, 6) is 3.81. The van der Waals surface area contributed by atoms with E-state index in [1.54, 1.807) is 0 Å². The van der Waals surface area contributed by atoms with Crippen LogP contribution in [0.5, 0.6) is 0 Å². The third-order valence-corrected chi connectivity index (χ3v) is 5.33. The Balaban J connectivity index is 1.67. The summed E-state index contributed by atoms with van der Waals surface area (Å²) in [6.07, 6.45) is 13.1. The fraction of sp³-hybridized carbons (Fsp3) is 1.00. The Morgan fingerprint density at radius 2 is 1.68 bits per heavy atom. The molecule has 1 heteroatoms. The van der Waals surface area contributed by atoms with Crippen molar-refractivity contribution < 1.29 is 0 Å². The van der Waals surface area contributed by atoms with Gasteiger partial charge in [-0.05, 0) is 62.3 Å². The van der Waals surface area contributed by atoms with Gasteiger partial charge in [0.05, 0.1) is 0 Å². The summed E-state index contributed by atoms with van der Waals surface area (Å²) in [4.78, 5) is 0. The fourth-order valence-electron chi connectivity index (χ4n) is 4.44. The molecule has 0 bridgehead atoms. The van der Waals surface area contributed by atoms with Gasteiger partial charge in [0.2, 0.25) is 0 Å². The largest absolute Gasteiger partial charge is 0.314 e. The topological polar surface area (TPSA) is 12.0 Å². The first-order chi connectivity index (χ1) is 9.13. The molecular formula is C18H35N. The van der Waals surface area contributed by atoms with Crippen LogP contribution in [-0.4, -0.2) is 12.6 Å². The number of nitrogens with one attached hydrogen (secondary N) is 1. The second-order valence-electron chi connectivity index (χ2n) is 7.91. The number of hydrogen-bond acceptors (Lipinski definition) is 1. The van der Waals surface area contributed by atoms with E-state index in [-0.39, 0.29) is 0 Å². The van der Waals surface area contributed by atoms with Gasteiger partial charge in [0.1, 0.15) is 0 Å². The molecule has 0 aromatic carbocycles. The molecule has 2 rings (SSSR count). The molecule has 0 saturated heterocycles. The highest BCUT2D eigenvalue weighted by atomic mass is 14.9. The summed E-state index contributed by atoms with van der Waals surface area (Å²) in [7, 11) is 0. The monoisotopic (exact) mass is 265 g/mol. The smallest absolute Gasteiger partial charge is 0.00698 e. The lowest BCUT2D eigenvalue weighted by molar-refractivity contribution is 0.223. The van der Waals surface area contributed by atoms with Crippen molar-refractivity contribution in [2.75, 3.05) is 6.54 Å². The Kier molecular flexibility index (Phi) is 6.19. The van der Waals surface area contributed by atoms with Crippen LogP contribution in [0.1, 0.15) is 78.6 Å². The van der Waals surface area contributed by atoms with Gasteiger partial charge >= 0.3 is 0 Å². The molecule has 112 valence electrons. The molecule has 0 aromatic heterocycles. The Hall–Kier alpha value is -0.0400. The van der Waals surface area contributed by atoms with Gasteiger partial charge in [-0.15, -0.1) is 0 Å². The molecule has 19 heavy (non-hydrogen) atoms. The lowest BCUT2D eigenvalue weighted by Gasteiger charge is -2.33. The quantitative estimate of drug-likeness (QED) is 0.737. The first-order valence-corrected chi connectivity index (χ1v) is 8.87. The van der Waals surface area contributed by atoms with Crippen LogP contribution in [0.4, 0.5) is 0 Å². The molecule has 0 radical (unpaired) electrons. The zero-order chi connectivity index (χ0) is 13.7. The molecule has 0 amide bonds. The normalized spacial score (nSPS) is 36.6. The molecule has 4 unspecified atom stereocenters. The van der Waals surface area contributed by atoms with E-state index < -0.39 is 0 Å². The van der Waals surface area contributed by atoms with E-state index in [2.05, 4.69) is 26.1 Å². The van der Waals surface area contributed by atoms with Crippen LogP contribution in [0.3, 0.4) is 0 Å². The Morgan fingerprint density at radius 1 is 0.947 bits per heavy atom. The van der Waals surface area contributed by atoms with Gasteiger partial charge in [0.25, 0.3) is 0 Å². The van der Waals surface area contributed by atoms with Crippen LogP contribution in [0.15, 0.2) is 0 Å². The van der Waals surface area contributed by atoms with E-state index >= 15 is 0 Å². The van der Waals surface area contributed by atoms with E-state index in [9.17, 15) is 0 Å². The minimum absolute atomic E-state index is 0.828. The Labute approximate surface area is 120 Å². The second-order valence-corrected chi connectivity index (χ2v) is 7.91. The summed E-state index contributed by atoms with van der Waals surface area (Å²) >= 11 is 0. The van der Waals surface area contributed by atoms with Crippen molar-refractivity contribution in [2.24, 2.45) is 23.7 Å². The van der Waals surface area contributed by atoms with Crippen molar-refractivity contribution in [1.82, 2.24) is 5.32 Å². The first-order valence-electron chi connectivity index (χ1n) is 8.87. The zero-order valence-corrected chi connectivity index (χ0v) is 13.5. The van der Waals surface area contributed by atoms with Crippen molar-refractivity contribution in [3.8, 4) is 0 Å². The average molecular weight is 265 g/mol. The van der Waals surface area contributed by atoms with Gasteiger partial charge in [0.15, 0.2) is 0 Å². The van der Waals surface area contributed by atoms with E-state index in [1.165, 1.54) is 64.3 Å². The van der Waals surface area contributed by atoms with E-state index in [0.29, 0.717) is 0 Å². The highest BCUT2D eigenvalue weighted by molar-refractivity contribution is 4.80. The summed E-state index contributed by atoms with van der Waals surface area (Å²) in [6, 6.07) is 0.828. The molecule has 2 fully saturated rings. The molecule has 2 aliphatic rings. The third-order valence-electron chi connectivity index (χ3n) is 5.33. The summed E-state index contributed by atoms with van der Waals surface area (Å²) in [5, 5.41) is 3.92. The predicted molar refractivity (Wildman–Crippen MR) is 84.3 cm³/mol. The lowest BCUT2D eigenvalue weighted by Crippen LogP contribution is -2.38. The van der Waals surface area contributed by atoms with Crippen LogP contribution < -0.4 is 5.32 Å². The maximum atomic E-state index is 3.92. The van der Waals surface area contributed by atoms with Crippen LogP contribution >= 0.6 is 0 Å². The van der Waals surface area contributed by atoms with E-state index in [1.807, 2.05) is 0 Å². The van der Waals surface area contributed by atoms with Gasteiger partial charge < -0.3 is 5.32 Å². The van der Waals surface area contributed by atoms with Gasteiger partial charge in [-0.2, -0.15) is 0 Å². The third kappa shape index (κ3) is 5.45. The van der Waals surface area contributed by atoms with Crippen molar-refractivity contribution in [3.63, 3.8) is 0 Å². The van der Waals surface area contributed by atoms with Crippen molar-refractivity contribution in [3.05, 3.63) is 0 Å². The van der Waals surface area contributed by atoms with Crippen LogP contribution in [0.25, 0.3) is 0 Å². The number of hydrogen-bond donors (Lipinski definition) is 1. The SMILES string of the molecule is CC(C)CC1CCCC(NCC2CCCC(C)C2)C1. The maximum absolute atomic E-state index is 3.92. The highest BCUT2D eigenvalue weighted by Gasteiger charge is 2.24. The van der Waals surface area contributed by atoms with Gasteiger partial charge in [-0.25, -0.2) is 0 Å². The minimum Gasteiger partial charge on any atom is -0.314 e. The lowest BCUT2D eigenvalue weighted by atomic mass is 9.80. The van der Waals surface area contributed by atoms with E-state index in [4.69, 9.17) is 0 Å². The maximum Gasteiger partial charge on any atom is 0.00698 e. The molecule has 0 heterocycles. The standard InChI is InChI=1S/C18H35N/c1-14(2)10-16-7-5-9-18(12-16)19-13-17-8-4-6-15(3)11-17/h14-19H,4-13H2,1-3H3. The molecule has 0 aliphatic heterocycles. The number of rotatable bonds is 5. The van der Waals surface area contributed by atoms with Gasteiger partial charge in [-0.1, -0.05) is 46.5 Å². The molecule has 0 aromatic rings. The summed E-state index contributed by atoms with van der Waals surface area (Å²) in [6.45, 7) is 8.48. The summed E-state index contributed by atoms with van der Waals surface area (Å²) in [5.41, 5.74) is 0. The molecule has 2 saturated carbocycles. The van der Waals surface area contributed by atoms with Crippen molar-refractivity contribution in [1.29, 1.82) is 0 Å². The summed E-state index contributed by atoms with van der Waals surface area (Å²) < 4.78 is 0. The first kappa shape index (κ1) is 15.4. The Bertz CT molecular complexity index is 248.